The van der Waals surface area contributed by atoms with E-state index in [2.05, 4.69) is 422 Å². The average molecular weight is 1450 g/mol. The van der Waals surface area contributed by atoms with Crippen LogP contribution in [0.15, 0.2) is 334 Å². The number of hydrogen-bond donors (Lipinski definition) is 0. The lowest BCUT2D eigenvalue weighted by Crippen LogP contribution is -2.64. The maximum atomic E-state index is 8.16. The van der Waals surface area contributed by atoms with Gasteiger partial charge in [-0.15, -0.1) is 0 Å². The van der Waals surface area contributed by atoms with Gasteiger partial charge in [-0.25, -0.2) is 0 Å². The van der Waals surface area contributed by atoms with Gasteiger partial charge in [-0.2, -0.15) is 0 Å². The summed E-state index contributed by atoms with van der Waals surface area (Å²) in [6.07, 6.45) is 15.6. The Morgan fingerprint density at radius 3 is 1.18 bits per heavy atom. The van der Waals surface area contributed by atoms with E-state index in [9.17, 15) is 0 Å². The van der Waals surface area contributed by atoms with Gasteiger partial charge in [0.05, 0.1) is 0 Å². The van der Waals surface area contributed by atoms with Crippen molar-refractivity contribution in [3.63, 3.8) is 0 Å². The van der Waals surface area contributed by atoms with E-state index in [-0.39, 0.29) is 35.1 Å². The first-order valence-electron chi connectivity index (χ1n) is 39.8. The molecule has 5 aliphatic rings. The van der Waals surface area contributed by atoms with Gasteiger partial charge in [0.2, 0.25) is 0 Å². The first-order valence-corrected chi connectivity index (χ1v) is 39.8. The van der Waals surface area contributed by atoms with Crippen molar-refractivity contribution in [1.82, 2.24) is 0 Å². The predicted molar refractivity (Wildman–Crippen MR) is 479 cm³/mol. The lowest BCUT2D eigenvalue weighted by Gasteiger charge is -2.47. The second-order valence-corrected chi connectivity index (χ2v) is 35.5. The second-order valence-electron chi connectivity index (χ2n) is 35.5. The van der Waals surface area contributed by atoms with Gasteiger partial charge in [0.25, 0.3) is 13.4 Å². The Kier molecular flexibility index (Phi) is 17.3. The van der Waals surface area contributed by atoms with Crippen molar-refractivity contribution in [1.29, 1.82) is 0 Å². The number of anilines is 5. The molecule has 4 aliphatic heterocycles. The van der Waals surface area contributed by atoms with Crippen LogP contribution in [0.5, 0.6) is 23.0 Å². The van der Waals surface area contributed by atoms with Gasteiger partial charge in [0.15, 0.2) is 0 Å². The van der Waals surface area contributed by atoms with Gasteiger partial charge in [-0.05, 0) is 187 Å². The molecule has 0 aromatic heterocycles. The van der Waals surface area contributed by atoms with Crippen molar-refractivity contribution in [2.75, 3.05) is 9.80 Å². The molecule has 0 N–H and O–H groups in total. The summed E-state index contributed by atoms with van der Waals surface area (Å²) in [7, 11) is 0. The summed E-state index contributed by atoms with van der Waals surface area (Å²) in [5.74, 6) is 3.35. The number of benzene rings is 13. The number of allylic oxidation sites excluding steroid dienone is 7. The SMILES string of the molecule is C=C/C=C\C(=C(\N1c2cc3c(cc2B2c4ccc(-c5ccccc5)c(-c5ccccc5)c4Oc4cc(-c5cc(C(C)(C)C)cc(C(C)(C)C)c5)cc1c42)B1c2ccc(-c4ccccc4)c(-c4ccccc4)c2Oc2cc(-c4cc(C(C)(C)C)cc(C(C)(C)C)c4)cc(c21)N3c1ccccc1)C1(C)C=CC=C1)c1ccccc1. The minimum absolute atomic E-state index is 0.141. The highest BCUT2D eigenvalue weighted by molar-refractivity contribution is 7.02. The highest BCUT2D eigenvalue weighted by atomic mass is 16.5. The fourth-order valence-electron chi connectivity index (χ4n) is 17.8. The Bertz CT molecular complexity index is 5990. The summed E-state index contributed by atoms with van der Waals surface area (Å²) in [6.45, 7) is 34.1. The average Bonchev–Trinajstić information content (AvgIpc) is 0.742. The van der Waals surface area contributed by atoms with E-state index >= 15 is 0 Å². The minimum Gasteiger partial charge on any atom is -0.458 e. The topological polar surface area (TPSA) is 24.9 Å². The van der Waals surface area contributed by atoms with E-state index in [0.717, 1.165) is 162 Å². The summed E-state index contributed by atoms with van der Waals surface area (Å²) in [4.78, 5) is 5.25. The first kappa shape index (κ1) is 71.5. The molecule has 112 heavy (non-hydrogen) atoms. The van der Waals surface area contributed by atoms with Gasteiger partial charge in [0, 0.05) is 56.2 Å². The lowest BCUT2D eigenvalue weighted by molar-refractivity contribution is 0.489. The Balaban J connectivity index is 1.03. The number of nitrogens with zero attached hydrogens (tertiary/aromatic N) is 2. The van der Waals surface area contributed by atoms with Crippen LogP contribution in [0.3, 0.4) is 0 Å². The number of hydrogen-bond acceptors (Lipinski definition) is 4. The van der Waals surface area contributed by atoms with Crippen LogP contribution in [-0.4, -0.2) is 13.4 Å². The van der Waals surface area contributed by atoms with Gasteiger partial charge < -0.3 is 19.3 Å². The molecule has 13 aromatic carbocycles. The molecule has 0 amide bonds. The number of ether oxygens (including phenoxy) is 2. The zero-order valence-electron chi connectivity index (χ0n) is 66.7. The van der Waals surface area contributed by atoms with Crippen LogP contribution in [0.2, 0.25) is 0 Å². The van der Waals surface area contributed by atoms with E-state index < -0.39 is 5.41 Å². The van der Waals surface area contributed by atoms with E-state index in [1.807, 2.05) is 6.08 Å². The zero-order chi connectivity index (χ0) is 77.3. The van der Waals surface area contributed by atoms with Crippen LogP contribution in [-0.2, 0) is 21.7 Å². The fraction of sp³-hybridized carbons (Fsp3) is 0.170. The molecular formula is C106H94B2N2O2. The Morgan fingerprint density at radius 2 is 0.750 bits per heavy atom. The summed E-state index contributed by atoms with van der Waals surface area (Å²) in [6, 6.07) is 105. The fourth-order valence-corrected chi connectivity index (χ4v) is 17.8. The molecule has 4 nitrogen and oxygen atoms in total. The summed E-state index contributed by atoms with van der Waals surface area (Å²) < 4.78 is 16.2. The third-order valence-corrected chi connectivity index (χ3v) is 23.8. The second kappa shape index (κ2) is 27.1. The monoisotopic (exact) mass is 1450 g/mol. The van der Waals surface area contributed by atoms with Crippen molar-refractivity contribution in [2.24, 2.45) is 5.41 Å². The molecular weight excluding hydrogens is 1350 g/mol. The van der Waals surface area contributed by atoms with Crippen molar-refractivity contribution < 1.29 is 9.47 Å². The molecule has 0 atom stereocenters. The molecule has 0 saturated carbocycles. The van der Waals surface area contributed by atoms with Crippen LogP contribution < -0.4 is 52.1 Å². The molecule has 0 fully saturated rings. The van der Waals surface area contributed by atoms with Crippen LogP contribution in [0.1, 0.15) is 118 Å². The highest BCUT2D eigenvalue weighted by Gasteiger charge is 2.51. The largest absolute Gasteiger partial charge is 0.458 e. The van der Waals surface area contributed by atoms with E-state index in [0.29, 0.717) is 0 Å². The molecule has 0 saturated heterocycles. The molecule has 6 heteroatoms. The smallest absolute Gasteiger partial charge is 0.256 e. The van der Waals surface area contributed by atoms with Crippen LogP contribution in [0.25, 0.3) is 72.3 Å². The first-order chi connectivity index (χ1) is 53.9. The van der Waals surface area contributed by atoms with E-state index in [4.69, 9.17) is 9.47 Å². The Hall–Kier alpha value is -12.1. The molecule has 546 valence electrons. The maximum absolute atomic E-state index is 8.16. The summed E-state index contributed by atoms with van der Waals surface area (Å²) in [5.41, 5.74) is 32.3. The van der Waals surface area contributed by atoms with Crippen LogP contribution in [0.4, 0.5) is 28.4 Å². The predicted octanol–water partition coefficient (Wildman–Crippen LogP) is 24.6. The maximum Gasteiger partial charge on any atom is 0.256 e. The third-order valence-electron chi connectivity index (χ3n) is 23.8. The van der Waals surface area contributed by atoms with Gasteiger partial charge in [-0.1, -0.05) is 369 Å². The normalized spacial score (nSPS) is 14.5. The molecule has 0 radical (unpaired) electrons. The van der Waals surface area contributed by atoms with Gasteiger partial charge in [-0.3, -0.25) is 0 Å². The summed E-state index contributed by atoms with van der Waals surface area (Å²) >= 11 is 0. The van der Waals surface area contributed by atoms with Crippen LogP contribution in [0, 0.1) is 5.41 Å². The minimum atomic E-state index is -0.684. The van der Waals surface area contributed by atoms with Crippen molar-refractivity contribution >= 4 is 80.2 Å². The molecule has 18 rings (SSSR count). The van der Waals surface area contributed by atoms with E-state index in [1.165, 1.54) is 27.7 Å². The van der Waals surface area contributed by atoms with Crippen molar-refractivity contribution in [3.05, 3.63) is 362 Å². The Labute approximate surface area is 663 Å². The Morgan fingerprint density at radius 1 is 0.366 bits per heavy atom. The lowest BCUT2D eigenvalue weighted by atomic mass is 9.30. The molecule has 0 spiro atoms. The number of para-hydroxylation sites is 1. The quantitative estimate of drug-likeness (QED) is 0.0899. The number of rotatable bonds is 12. The van der Waals surface area contributed by atoms with Crippen molar-refractivity contribution in [3.8, 4) is 89.8 Å². The zero-order valence-corrected chi connectivity index (χ0v) is 66.7. The summed E-state index contributed by atoms with van der Waals surface area (Å²) in [5, 5.41) is 0. The molecule has 1 aliphatic carbocycles. The highest BCUT2D eigenvalue weighted by Crippen LogP contribution is 2.55. The molecule has 4 heterocycles. The molecule has 0 unspecified atom stereocenters. The van der Waals surface area contributed by atoms with Crippen LogP contribution >= 0.6 is 0 Å². The number of fused-ring (bicyclic) bond motifs is 8. The van der Waals surface area contributed by atoms with Crippen molar-refractivity contribution in [2.45, 2.75) is 112 Å². The molecule has 0 bridgehead atoms. The van der Waals surface area contributed by atoms with Gasteiger partial charge >= 0.3 is 0 Å². The third kappa shape index (κ3) is 12.3. The van der Waals surface area contributed by atoms with Gasteiger partial charge in [0.1, 0.15) is 23.0 Å². The van der Waals surface area contributed by atoms with E-state index in [1.54, 1.807) is 0 Å². The molecule has 13 aromatic rings. The standard InChI is InChI=1S/C106H94B2N2O2/c1-15-16-49-84(70-41-27-19-28-42-70)101(106(14)54-35-36-55-106)110-90-67-89-87(66-88(90)108-86-53-51-83(69-39-25-18-26-40-69)96(72-45-31-21-32-46-72)100(86)112-94-63-76(61-92(110)98(94)108)74-58-79(104(8,9)10)65-80(59-74)105(11,12)13)107-85-52-50-82(68-37-23-17-24-38-68)95(71-43-29-20-30-44-71)99(85)111-93-62-75(60-91(97(93)107)109(89)81-47-33-22-34-48-81)73-56-77(102(2,3)4)64-78(57-73)103(5,6)7/h15-67H,1H2,2-14H3/b49-16-,101-84-.